The Hall–Kier alpha value is -2.81. The first-order chi connectivity index (χ1) is 13.1. The average molecular weight is 396 g/mol. The van der Waals surface area contributed by atoms with Crippen molar-refractivity contribution in [2.75, 3.05) is 13.4 Å². The molecule has 0 saturated carbocycles. The first-order valence-corrected chi connectivity index (χ1v) is 8.84. The predicted molar refractivity (Wildman–Crippen MR) is 100 cm³/mol. The van der Waals surface area contributed by atoms with Gasteiger partial charge in [-0.2, -0.15) is 0 Å². The van der Waals surface area contributed by atoms with Crippen molar-refractivity contribution < 1.29 is 33.7 Å². The molecule has 1 atom stereocenters. The molecule has 1 rings (SSSR count). The van der Waals surface area contributed by atoms with Crippen LogP contribution in [0.3, 0.4) is 0 Å². The number of amides is 2. The molecule has 0 heterocycles. The van der Waals surface area contributed by atoms with E-state index >= 15 is 0 Å². The van der Waals surface area contributed by atoms with Crippen LogP contribution in [0.2, 0.25) is 0 Å². The van der Waals surface area contributed by atoms with E-state index in [0.717, 1.165) is 5.56 Å². The molecule has 1 aromatic carbocycles. The van der Waals surface area contributed by atoms with Gasteiger partial charge in [-0.3, -0.25) is 0 Å². The maximum atomic E-state index is 12.4. The van der Waals surface area contributed by atoms with Crippen LogP contribution in [0.25, 0.3) is 0 Å². The maximum absolute atomic E-state index is 12.4. The van der Waals surface area contributed by atoms with Crippen LogP contribution in [0.1, 0.15) is 33.3 Å². The Balaban J connectivity index is 2.53. The Morgan fingerprint density at radius 2 is 1.68 bits per heavy atom. The van der Waals surface area contributed by atoms with Crippen molar-refractivity contribution in [3.8, 4) is 0 Å². The van der Waals surface area contributed by atoms with Crippen molar-refractivity contribution in [1.82, 2.24) is 10.6 Å². The summed E-state index contributed by atoms with van der Waals surface area (Å²) < 4.78 is 14.7. The minimum atomic E-state index is -0.933. The predicted octanol–water partition coefficient (Wildman–Crippen LogP) is 1.94. The summed E-state index contributed by atoms with van der Waals surface area (Å²) in [6.45, 7) is 5.91. The molecule has 9 heteroatoms. The molecule has 0 spiro atoms. The molecule has 0 aliphatic rings. The Morgan fingerprint density at radius 1 is 1.04 bits per heavy atom. The highest BCUT2D eigenvalue weighted by Gasteiger charge is 2.29. The number of carbonyl (C=O) groups is 3. The summed E-state index contributed by atoms with van der Waals surface area (Å²) in [5, 5.41) is 13.5. The fourth-order valence-corrected chi connectivity index (χ4v) is 2.14. The van der Waals surface area contributed by atoms with Gasteiger partial charge < -0.3 is 30.0 Å². The van der Waals surface area contributed by atoms with Gasteiger partial charge in [-0.15, -0.1) is 0 Å². The van der Waals surface area contributed by atoms with Crippen LogP contribution in [0.4, 0.5) is 9.59 Å². The van der Waals surface area contributed by atoms with Gasteiger partial charge in [0.05, 0.1) is 5.54 Å². The summed E-state index contributed by atoms with van der Waals surface area (Å²) in [7, 11) is 0. The number of hydrogen-bond acceptors (Lipinski definition) is 7. The third kappa shape index (κ3) is 8.72. The number of alkyl carbamates (subject to hydrolysis) is 2. The van der Waals surface area contributed by atoms with Crippen molar-refractivity contribution in [2.45, 2.75) is 45.9 Å². The maximum Gasteiger partial charge on any atom is 0.409 e. The lowest BCUT2D eigenvalue weighted by molar-refractivity contribution is -0.149. The van der Waals surface area contributed by atoms with Gasteiger partial charge in [-0.25, -0.2) is 14.4 Å². The quantitative estimate of drug-likeness (QED) is 0.331. The second kappa shape index (κ2) is 11.1. The monoisotopic (exact) mass is 396 g/mol. The van der Waals surface area contributed by atoms with Crippen molar-refractivity contribution >= 4 is 18.2 Å². The molecule has 3 N–H and O–H groups in total. The SMILES string of the molecule is CC(C)[C@H](NC(=O)OCc1ccccc1)C(=O)OCC(C)(C)NC(=O)OCO. The van der Waals surface area contributed by atoms with Crippen LogP contribution in [0.5, 0.6) is 0 Å². The highest BCUT2D eigenvalue weighted by atomic mass is 16.6. The summed E-state index contributed by atoms with van der Waals surface area (Å²) in [6, 6.07) is 8.24. The second-order valence-electron chi connectivity index (χ2n) is 7.11. The number of ether oxygens (including phenoxy) is 3. The van der Waals surface area contributed by atoms with Crippen LogP contribution in [0.15, 0.2) is 30.3 Å². The van der Waals surface area contributed by atoms with Crippen molar-refractivity contribution in [2.24, 2.45) is 5.92 Å². The van der Waals surface area contributed by atoms with E-state index in [4.69, 9.17) is 14.6 Å². The summed E-state index contributed by atoms with van der Waals surface area (Å²) >= 11 is 0. The standard InChI is InChI=1S/C19H28N2O7/c1-13(2)15(20-17(24)26-10-14-8-6-5-7-9-14)16(23)27-11-19(3,4)21-18(25)28-12-22/h5-9,13,15,22H,10-12H2,1-4H3,(H,20,24)(H,21,25)/t15-/m0/s1. The third-order valence-electron chi connectivity index (χ3n) is 3.62. The van der Waals surface area contributed by atoms with Gasteiger partial charge in [0.2, 0.25) is 0 Å². The molecule has 9 nitrogen and oxygen atoms in total. The Bertz CT molecular complexity index is 647. The second-order valence-corrected chi connectivity index (χ2v) is 7.11. The van der Waals surface area contributed by atoms with Gasteiger partial charge in [0.15, 0.2) is 6.79 Å². The number of hydrogen-bond donors (Lipinski definition) is 3. The minimum Gasteiger partial charge on any atom is -0.462 e. The zero-order chi connectivity index (χ0) is 21.2. The van der Waals surface area contributed by atoms with Gasteiger partial charge in [-0.1, -0.05) is 44.2 Å². The number of aliphatic hydroxyl groups excluding tert-OH is 1. The highest BCUT2D eigenvalue weighted by molar-refractivity contribution is 5.81. The molecule has 1 aromatic rings. The molecule has 28 heavy (non-hydrogen) atoms. The summed E-state index contributed by atoms with van der Waals surface area (Å²) in [4.78, 5) is 35.8. The van der Waals surface area contributed by atoms with Crippen LogP contribution in [-0.2, 0) is 25.6 Å². The van der Waals surface area contributed by atoms with Gasteiger partial charge in [-0.05, 0) is 25.3 Å². The molecule has 0 radical (unpaired) electrons. The van der Waals surface area contributed by atoms with Crippen LogP contribution < -0.4 is 10.6 Å². The molecule has 0 unspecified atom stereocenters. The molecular formula is C19H28N2O7. The van der Waals surface area contributed by atoms with E-state index in [-0.39, 0.29) is 19.1 Å². The first kappa shape index (κ1) is 23.2. The van der Waals surface area contributed by atoms with Crippen molar-refractivity contribution in [3.63, 3.8) is 0 Å². The fraction of sp³-hybridized carbons (Fsp3) is 0.526. The summed E-state index contributed by atoms with van der Waals surface area (Å²) in [5.41, 5.74) is -0.110. The van der Waals surface area contributed by atoms with E-state index in [9.17, 15) is 14.4 Å². The lowest BCUT2D eigenvalue weighted by Crippen LogP contribution is -2.50. The smallest absolute Gasteiger partial charge is 0.409 e. The van der Waals surface area contributed by atoms with E-state index in [1.54, 1.807) is 27.7 Å². The number of rotatable bonds is 9. The number of carbonyl (C=O) groups excluding carboxylic acids is 3. The summed E-state index contributed by atoms with van der Waals surface area (Å²) in [5.74, 6) is -0.899. The Morgan fingerprint density at radius 3 is 2.25 bits per heavy atom. The lowest BCUT2D eigenvalue weighted by atomic mass is 10.0. The molecule has 0 aromatic heterocycles. The zero-order valence-electron chi connectivity index (χ0n) is 16.6. The Kier molecular flexibility index (Phi) is 9.23. The minimum absolute atomic E-state index is 0.0798. The largest absolute Gasteiger partial charge is 0.462 e. The van der Waals surface area contributed by atoms with E-state index in [0.29, 0.717) is 0 Å². The molecule has 2 amide bonds. The van der Waals surface area contributed by atoms with E-state index in [2.05, 4.69) is 15.4 Å². The fourth-order valence-electron chi connectivity index (χ4n) is 2.14. The molecule has 0 fully saturated rings. The number of benzene rings is 1. The highest BCUT2D eigenvalue weighted by Crippen LogP contribution is 2.09. The van der Waals surface area contributed by atoms with Crippen molar-refractivity contribution in [1.29, 1.82) is 0 Å². The molecule has 156 valence electrons. The van der Waals surface area contributed by atoms with Crippen LogP contribution in [-0.4, -0.2) is 48.2 Å². The first-order valence-electron chi connectivity index (χ1n) is 8.84. The van der Waals surface area contributed by atoms with E-state index in [1.807, 2.05) is 30.3 Å². The molecule has 0 aliphatic carbocycles. The molecule has 0 aliphatic heterocycles. The average Bonchev–Trinajstić information content (AvgIpc) is 2.63. The molecule has 0 saturated heterocycles. The third-order valence-corrected chi connectivity index (χ3v) is 3.62. The van der Waals surface area contributed by atoms with Gasteiger partial charge in [0, 0.05) is 0 Å². The normalized spacial score (nSPS) is 12.1. The number of esters is 1. The molecule has 0 bridgehead atoms. The molecular weight excluding hydrogens is 368 g/mol. The number of aliphatic hydroxyl groups is 1. The van der Waals surface area contributed by atoms with Gasteiger partial charge in [0.1, 0.15) is 19.3 Å². The summed E-state index contributed by atoms with van der Waals surface area (Å²) in [6.07, 6.45) is -1.57. The van der Waals surface area contributed by atoms with Gasteiger partial charge >= 0.3 is 18.2 Å². The lowest BCUT2D eigenvalue weighted by Gasteiger charge is -2.27. The Labute approximate surface area is 164 Å². The van der Waals surface area contributed by atoms with E-state index < -0.39 is 36.5 Å². The zero-order valence-corrected chi connectivity index (χ0v) is 16.6. The van der Waals surface area contributed by atoms with Crippen LogP contribution >= 0.6 is 0 Å². The number of nitrogens with one attached hydrogen (secondary N) is 2. The van der Waals surface area contributed by atoms with Crippen LogP contribution in [0, 0.1) is 5.92 Å². The topological polar surface area (TPSA) is 123 Å². The van der Waals surface area contributed by atoms with Crippen molar-refractivity contribution in [3.05, 3.63) is 35.9 Å². The van der Waals surface area contributed by atoms with E-state index in [1.165, 1.54) is 0 Å². The van der Waals surface area contributed by atoms with Gasteiger partial charge in [0.25, 0.3) is 0 Å².